The number of rotatable bonds is 9. The first-order valence-corrected chi connectivity index (χ1v) is 11.7. The number of hydrogen-bond acceptors (Lipinski definition) is 7. The monoisotopic (exact) mass is 424 g/mol. The van der Waals surface area contributed by atoms with Gasteiger partial charge in [0.25, 0.3) is 0 Å². The lowest BCUT2D eigenvalue weighted by Crippen LogP contribution is -2.17. The highest BCUT2D eigenvalue weighted by Crippen LogP contribution is 2.32. The molecule has 0 spiro atoms. The van der Waals surface area contributed by atoms with E-state index in [-0.39, 0.29) is 5.75 Å². The predicted octanol–water partition coefficient (Wildman–Crippen LogP) is 4.24. The van der Waals surface area contributed by atoms with Crippen LogP contribution in [-0.4, -0.2) is 39.1 Å². The zero-order chi connectivity index (χ0) is 19.3. The summed E-state index contributed by atoms with van der Waals surface area (Å²) in [4.78, 5) is 4.56. The van der Waals surface area contributed by atoms with Gasteiger partial charge in [-0.1, -0.05) is 11.8 Å². The van der Waals surface area contributed by atoms with Gasteiger partial charge >= 0.3 is 0 Å². The number of methoxy groups -OCH3 is 2. The molecule has 0 saturated carbocycles. The fraction of sp³-hybridized carbons (Fsp3) is 0.278. The molecule has 0 bridgehead atoms. The lowest BCUT2D eigenvalue weighted by atomic mass is 10.3. The Morgan fingerprint density at radius 2 is 1.78 bits per heavy atom. The Hall–Kier alpha value is -1.97. The number of sulfonamides is 1. The number of anilines is 1. The molecule has 0 aliphatic heterocycles. The second-order valence-corrected chi connectivity index (χ2v) is 9.88. The standard InChI is InChI=1S/C18H20N2O4S3/c1-23-14-6-4-13(5-7-14)20-27(21,22)11-3-10-25-18-19-16-9-8-15(24-2)12-17(16)26-18/h4-9,12,20H,3,10-11H2,1-2H3. The van der Waals surface area contributed by atoms with Gasteiger partial charge in [-0.2, -0.15) is 0 Å². The first-order chi connectivity index (χ1) is 13.0. The van der Waals surface area contributed by atoms with Gasteiger partial charge < -0.3 is 9.47 Å². The van der Waals surface area contributed by atoms with Crippen LogP contribution >= 0.6 is 23.1 Å². The van der Waals surface area contributed by atoms with Crippen molar-refractivity contribution in [2.75, 3.05) is 30.4 Å². The Labute approximate surface area is 167 Å². The number of fused-ring (bicyclic) bond motifs is 1. The number of hydrogen-bond donors (Lipinski definition) is 1. The number of thioether (sulfide) groups is 1. The molecule has 0 radical (unpaired) electrons. The van der Waals surface area contributed by atoms with Gasteiger partial charge in [0.15, 0.2) is 4.34 Å². The van der Waals surface area contributed by atoms with Crippen LogP contribution in [0.4, 0.5) is 5.69 Å². The van der Waals surface area contributed by atoms with Gasteiger partial charge in [0.05, 0.1) is 30.2 Å². The summed E-state index contributed by atoms with van der Waals surface area (Å²) in [5.74, 6) is 2.23. The van der Waals surface area contributed by atoms with Crippen molar-refractivity contribution in [1.29, 1.82) is 0 Å². The van der Waals surface area contributed by atoms with Crippen LogP contribution < -0.4 is 14.2 Å². The summed E-state index contributed by atoms with van der Waals surface area (Å²) in [6, 6.07) is 12.6. The van der Waals surface area contributed by atoms with Gasteiger partial charge in [-0.15, -0.1) is 11.3 Å². The molecule has 0 saturated heterocycles. The highest BCUT2D eigenvalue weighted by molar-refractivity contribution is 8.01. The smallest absolute Gasteiger partial charge is 0.232 e. The SMILES string of the molecule is COc1ccc(NS(=O)(=O)CCCSc2nc3ccc(OC)cc3s2)cc1. The third-order valence-electron chi connectivity index (χ3n) is 3.72. The molecule has 144 valence electrons. The normalized spacial score (nSPS) is 11.5. The molecule has 3 rings (SSSR count). The molecule has 3 aromatic rings. The second kappa shape index (κ2) is 8.81. The van der Waals surface area contributed by atoms with Gasteiger partial charge in [0.2, 0.25) is 10.0 Å². The van der Waals surface area contributed by atoms with Gasteiger partial charge in [-0.05, 0) is 48.9 Å². The molecular weight excluding hydrogens is 404 g/mol. The Morgan fingerprint density at radius 3 is 2.48 bits per heavy atom. The van der Waals surface area contributed by atoms with Crippen molar-refractivity contribution in [1.82, 2.24) is 4.98 Å². The van der Waals surface area contributed by atoms with Gasteiger partial charge in [0, 0.05) is 11.4 Å². The summed E-state index contributed by atoms with van der Waals surface area (Å²) in [6.45, 7) is 0. The summed E-state index contributed by atoms with van der Waals surface area (Å²) >= 11 is 3.16. The van der Waals surface area contributed by atoms with Gasteiger partial charge in [-0.25, -0.2) is 13.4 Å². The van der Waals surface area contributed by atoms with E-state index in [0.717, 1.165) is 20.3 Å². The quantitative estimate of drug-likeness (QED) is 0.409. The average Bonchev–Trinajstić information content (AvgIpc) is 3.07. The van der Waals surface area contributed by atoms with E-state index in [1.807, 2.05) is 18.2 Å². The van der Waals surface area contributed by atoms with Crippen molar-refractivity contribution >= 4 is 49.0 Å². The van der Waals surface area contributed by atoms with E-state index in [1.54, 1.807) is 61.6 Å². The van der Waals surface area contributed by atoms with Crippen LogP contribution in [-0.2, 0) is 10.0 Å². The molecule has 6 nitrogen and oxygen atoms in total. The number of aromatic nitrogens is 1. The van der Waals surface area contributed by atoms with Crippen molar-refractivity contribution in [3.05, 3.63) is 42.5 Å². The molecule has 9 heteroatoms. The summed E-state index contributed by atoms with van der Waals surface area (Å²) in [5, 5.41) is 0. The maximum Gasteiger partial charge on any atom is 0.232 e. The van der Waals surface area contributed by atoms with Crippen molar-refractivity contribution < 1.29 is 17.9 Å². The number of ether oxygens (including phenoxy) is 2. The third kappa shape index (κ3) is 5.50. The van der Waals surface area contributed by atoms with Crippen LogP contribution in [0.1, 0.15) is 6.42 Å². The largest absolute Gasteiger partial charge is 0.497 e. The summed E-state index contributed by atoms with van der Waals surface area (Å²) in [5.41, 5.74) is 1.46. The fourth-order valence-corrected chi connectivity index (χ4v) is 5.78. The van der Waals surface area contributed by atoms with E-state index in [9.17, 15) is 8.42 Å². The topological polar surface area (TPSA) is 77.5 Å². The fourth-order valence-electron chi connectivity index (χ4n) is 2.37. The van der Waals surface area contributed by atoms with Crippen molar-refractivity contribution in [2.24, 2.45) is 0 Å². The minimum atomic E-state index is -3.38. The molecular formula is C18H20N2O4S3. The lowest BCUT2D eigenvalue weighted by Gasteiger charge is -2.08. The van der Waals surface area contributed by atoms with Crippen LogP contribution in [0.2, 0.25) is 0 Å². The van der Waals surface area contributed by atoms with E-state index in [4.69, 9.17) is 9.47 Å². The van der Waals surface area contributed by atoms with E-state index in [0.29, 0.717) is 23.6 Å². The lowest BCUT2D eigenvalue weighted by molar-refractivity contribution is 0.415. The maximum atomic E-state index is 12.2. The number of benzene rings is 2. The Morgan fingerprint density at radius 1 is 1.07 bits per heavy atom. The van der Waals surface area contributed by atoms with Crippen LogP contribution in [0.15, 0.2) is 46.8 Å². The first kappa shape index (κ1) is 19.8. The molecule has 2 aromatic carbocycles. The van der Waals surface area contributed by atoms with E-state index in [2.05, 4.69) is 9.71 Å². The average molecular weight is 425 g/mol. The van der Waals surface area contributed by atoms with Gasteiger partial charge in [0.1, 0.15) is 11.5 Å². The molecule has 0 unspecified atom stereocenters. The molecule has 0 aliphatic rings. The Kier molecular flexibility index (Phi) is 6.46. The highest BCUT2D eigenvalue weighted by atomic mass is 32.2. The van der Waals surface area contributed by atoms with E-state index < -0.39 is 10.0 Å². The zero-order valence-electron chi connectivity index (χ0n) is 15.0. The van der Waals surface area contributed by atoms with Crippen LogP contribution in [0, 0.1) is 0 Å². The number of nitrogens with zero attached hydrogens (tertiary/aromatic N) is 1. The number of nitrogens with one attached hydrogen (secondary N) is 1. The Balaban J connectivity index is 1.49. The highest BCUT2D eigenvalue weighted by Gasteiger charge is 2.11. The first-order valence-electron chi connectivity index (χ1n) is 8.21. The van der Waals surface area contributed by atoms with Crippen molar-refractivity contribution in [3.63, 3.8) is 0 Å². The molecule has 1 aromatic heterocycles. The minimum Gasteiger partial charge on any atom is -0.497 e. The summed E-state index contributed by atoms with van der Waals surface area (Å²) in [7, 11) is -0.175. The molecule has 0 amide bonds. The minimum absolute atomic E-state index is 0.0603. The molecule has 1 heterocycles. The van der Waals surface area contributed by atoms with Crippen LogP contribution in [0.25, 0.3) is 10.2 Å². The van der Waals surface area contributed by atoms with Crippen LogP contribution in [0.5, 0.6) is 11.5 Å². The molecule has 27 heavy (non-hydrogen) atoms. The van der Waals surface area contributed by atoms with Crippen molar-refractivity contribution in [2.45, 2.75) is 10.8 Å². The predicted molar refractivity (Wildman–Crippen MR) is 112 cm³/mol. The molecule has 1 N–H and O–H groups in total. The van der Waals surface area contributed by atoms with Gasteiger partial charge in [-0.3, -0.25) is 4.72 Å². The third-order valence-corrected chi connectivity index (χ3v) is 7.34. The maximum absolute atomic E-state index is 12.2. The second-order valence-electron chi connectivity index (χ2n) is 5.66. The van der Waals surface area contributed by atoms with Crippen LogP contribution in [0.3, 0.4) is 0 Å². The molecule has 0 atom stereocenters. The van der Waals surface area contributed by atoms with Crippen molar-refractivity contribution in [3.8, 4) is 11.5 Å². The Bertz CT molecular complexity index is 1000. The van der Waals surface area contributed by atoms with E-state index >= 15 is 0 Å². The summed E-state index contributed by atoms with van der Waals surface area (Å²) in [6.07, 6.45) is 0.537. The molecule has 0 fully saturated rings. The zero-order valence-corrected chi connectivity index (χ0v) is 17.4. The number of thiazole rings is 1. The molecule has 0 aliphatic carbocycles. The summed E-state index contributed by atoms with van der Waals surface area (Å²) < 4.78 is 39.3. The van der Waals surface area contributed by atoms with E-state index in [1.165, 1.54) is 0 Å².